The lowest BCUT2D eigenvalue weighted by atomic mass is 10.3. The van der Waals surface area contributed by atoms with Crippen molar-refractivity contribution in [3.63, 3.8) is 0 Å². The van der Waals surface area contributed by atoms with E-state index in [9.17, 15) is 0 Å². The van der Waals surface area contributed by atoms with Crippen LogP contribution in [0.25, 0.3) is 0 Å². The highest BCUT2D eigenvalue weighted by atomic mass is 32.3. The molecule has 0 saturated heterocycles. The minimum atomic E-state index is -5.17. The summed E-state index contributed by atoms with van der Waals surface area (Å²) in [4.78, 5) is 0. The van der Waals surface area contributed by atoms with Gasteiger partial charge in [0.2, 0.25) is 0 Å². The van der Waals surface area contributed by atoms with E-state index in [0.29, 0.717) is 11.4 Å². The third kappa shape index (κ3) is 10.7. The van der Waals surface area contributed by atoms with Gasteiger partial charge in [0.1, 0.15) is 0 Å². The quantitative estimate of drug-likeness (QED) is 0.333. The summed E-state index contributed by atoms with van der Waals surface area (Å²) >= 11 is 0. The maximum Gasteiger partial charge on any atom is 0.0334 e. The van der Waals surface area contributed by atoms with E-state index in [4.69, 9.17) is 29.0 Å². The van der Waals surface area contributed by atoms with Crippen LogP contribution in [0.3, 0.4) is 0 Å². The van der Waals surface area contributed by atoms with Gasteiger partial charge < -0.3 is 20.6 Å². The second kappa shape index (κ2) is 4.65. The molecule has 0 saturated carbocycles. The Kier molecular flexibility index (Phi) is 4.18. The fourth-order valence-corrected chi connectivity index (χ4v) is 0.559. The van der Waals surface area contributed by atoms with Crippen LogP contribution in [0.15, 0.2) is 24.3 Å². The molecule has 74 valence electrons. The molecule has 0 bridgehead atoms. The molecule has 0 spiro atoms. The number of rotatable bonds is 0. The Labute approximate surface area is 75.7 Å². The van der Waals surface area contributed by atoms with Gasteiger partial charge in [-0.1, -0.05) is 6.07 Å². The van der Waals surface area contributed by atoms with Crippen LogP contribution in [-0.4, -0.2) is 17.5 Å². The van der Waals surface area contributed by atoms with Gasteiger partial charge in [0.05, 0.1) is 0 Å². The van der Waals surface area contributed by atoms with Gasteiger partial charge in [0.25, 0.3) is 0 Å². The molecular weight excluding hydrogens is 196 g/mol. The molecule has 13 heavy (non-hydrogen) atoms. The van der Waals surface area contributed by atoms with Crippen molar-refractivity contribution in [2.75, 3.05) is 11.5 Å². The van der Waals surface area contributed by atoms with Crippen molar-refractivity contribution < 1.29 is 17.5 Å². The smallest absolute Gasteiger partial charge is 0.0334 e. The Morgan fingerprint density at radius 3 is 1.54 bits per heavy atom. The maximum absolute atomic E-state index is 8.52. The zero-order valence-corrected chi connectivity index (χ0v) is 7.32. The van der Waals surface area contributed by atoms with Crippen LogP contribution in [0.2, 0.25) is 0 Å². The molecule has 7 heteroatoms. The van der Waals surface area contributed by atoms with Gasteiger partial charge in [0, 0.05) is 21.8 Å². The number of nitrogens with two attached hydrogens (primary N) is 2. The molecule has 0 aliphatic heterocycles. The highest BCUT2D eigenvalue weighted by Crippen LogP contribution is 2.06. The molecule has 0 aromatic heterocycles. The molecule has 0 amide bonds. The van der Waals surface area contributed by atoms with E-state index in [-0.39, 0.29) is 0 Å². The average Bonchev–Trinajstić information content (AvgIpc) is 1.81. The summed E-state index contributed by atoms with van der Waals surface area (Å²) in [5.41, 5.74) is 12.2. The summed E-state index contributed by atoms with van der Waals surface area (Å²) in [6, 6.07) is 7.15. The Bertz CT molecular complexity index is 337. The largest absolute Gasteiger partial charge is 0.759 e. The van der Waals surface area contributed by atoms with E-state index in [1.54, 1.807) is 18.2 Å². The summed E-state index contributed by atoms with van der Waals surface area (Å²) in [5, 5.41) is 0. The third-order valence-corrected chi connectivity index (χ3v) is 0.911. The van der Waals surface area contributed by atoms with E-state index in [2.05, 4.69) is 0 Å². The highest BCUT2D eigenvalue weighted by molar-refractivity contribution is 7.79. The summed E-state index contributed by atoms with van der Waals surface area (Å²) in [6.07, 6.45) is 0. The van der Waals surface area contributed by atoms with E-state index in [1.165, 1.54) is 0 Å². The first-order valence-corrected chi connectivity index (χ1v) is 4.40. The SMILES string of the molecule is Nc1cccc(N)c1.O=S(=O)([O-])[O-]. The van der Waals surface area contributed by atoms with Crippen molar-refractivity contribution in [2.45, 2.75) is 0 Å². The zero-order chi connectivity index (χ0) is 10.5. The number of benzene rings is 1. The van der Waals surface area contributed by atoms with Gasteiger partial charge in [-0.05, 0) is 18.2 Å². The number of nitrogen functional groups attached to an aromatic ring is 2. The predicted octanol–water partition coefficient (Wildman–Crippen LogP) is -0.487. The maximum atomic E-state index is 8.52. The molecule has 0 aliphatic carbocycles. The van der Waals surface area contributed by atoms with Crippen molar-refractivity contribution in [3.05, 3.63) is 24.3 Å². The van der Waals surface area contributed by atoms with Crippen LogP contribution >= 0.6 is 0 Å². The molecule has 4 N–H and O–H groups in total. The van der Waals surface area contributed by atoms with Crippen LogP contribution in [0.4, 0.5) is 11.4 Å². The summed E-state index contributed by atoms with van der Waals surface area (Å²) in [7, 11) is -5.17. The Hall–Kier alpha value is -1.31. The Balaban J connectivity index is 0.000000252. The zero-order valence-electron chi connectivity index (χ0n) is 6.51. The summed E-state index contributed by atoms with van der Waals surface area (Å²) < 4.78 is 34.1. The Morgan fingerprint density at radius 2 is 1.38 bits per heavy atom. The minimum absolute atomic E-state index is 0.713. The highest BCUT2D eigenvalue weighted by Gasteiger charge is 1.81. The molecule has 0 fully saturated rings. The van der Waals surface area contributed by atoms with Crippen LogP contribution in [0.5, 0.6) is 0 Å². The second-order valence-corrected chi connectivity index (χ2v) is 2.89. The first-order chi connectivity index (χ1) is 5.79. The van der Waals surface area contributed by atoms with E-state index < -0.39 is 10.4 Å². The third-order valence-electron chi connectivity index (χ3n) is 0.911. The van der Waals surface area contributed by atoms with Crippen molar-refractivity contribution in [1.29, 1.82) is 0 Å². The van der Waals surface area contributed by atoms with Gasteiger partial charge >= 0.3 is 0 Å². The number of hydrogen-bond acceptors (Lipinski definition) is 6. The van der Waals surface area contributed by atoms with Crippen molar-refractivity contribution >= 4 is 21.8 Å². The van der Waals surface area contributed by atoms with E-state index in [1.807, 2.05) is 6.07 Å². The van der Waals surface area contributed by atoms with Crippen LogP contribution in [0.1, 0.15) is 0 Å². The first kappa shape index (κ1) is 11.7. The van der Waals surface area contributed by atoms with Gasteiger partial charge in [-0.2, -0.15) is 0 Å². The lowest BCUT2D eigenvalue weighted by Gasteiger charge is -2.06. The standard InChI is InChI=1S/C6H8N2.H2O4S/c7-5-2-1-3-6(8)4-5;1-5(2,3)4/h1-4H,7-8H2;(H2,1,2,3,4)/p-2. The monoisotopic (exact) mass is 204 g/mol. The second-order valence-electron chi connectivity index (χ2n) is 2.08. The van der Waals surface area contributed by atoms with Gasteiger partial charge in [-0.25, -0.2) is 0 Å². The number of hydrogen-bond donors (Lipinski definition) is 2. The lowest BCUT2D eigenvalue weighted by Crippen LogP contribution is -1.91. The average molecular weight is 204 g/mol. The molecule has 1 aromatic rings. The number of anilines is 2. The predicted molar refractivity (Wildman–Crippen MR) is 45.7 cm³/mol. The molecule has 0 unspecified atom stereocenters. The van der Waals surface area contributed by atoms with Gasteiger partial charge in [-0.3, -0.25) is 8.42 Å². The fraction of sp³-hybridized carbons (Fsp3) is 0. The fourth-order valence-electron chi connectivity index (χ4n) is 0.559. The van der Waals surface area contributed by atoms with E-state index >= 15 is 0 Å². The van der Waals surface area contributed by atoms with E-state index in [0.717, 1.165) is 0 Å². The molecule has 0 aliphatic rings. The lowest BCUT2D eigenvalue weighted by molar-refractivity contribution is 0.352. The summed E-state index contributed by atoms with van der Waals surface area (Å²) in [6.45, 7) is 0. The van der Waals surface area contributed by atoms with Gasteiger partial charge in [0.15, 0.2) is 0 Å². The molecule has 1 aromatic carbocycles. The topological polar surface area (TPSA) is 132 Å². The van der Waals surface area contributed by atoms with Gasteiger partial charge in [-0.15, -0.1) is 0 Å². The van der Waals surface area contributed by atoms with Crippen molar-refractivity contribution in [3.8, 4) is 0 Å². The summed E-state index contributed by atoms with van der Waals surface area (Å²) in [5.74, 6) is 0. The molecule has 1 rings (SSSR count). The normalized spacial score (nSPS) is 10.0. The van der Waals surface area contributed by atoms with Crippen molar-refractivity contribution in [1.82, 2.24) is 0 Å². The molecule has 0 radical (unpaired) electrons. The van der Waals surface area contributed by atoms with Crippen molar-refractivity contribution in [2.24, 2.45) is 0 Å². The van der Waals surface area contributed by atoms with Crippen LogP contribution < -0.4 is 11.5 Å². The van der Waals surface area contributed by atoms with Crippen LogP contribution in [-0.2, 0) is 10.4 Å². The molecular formula is C6H8N2O4S-2. The molecule has 6 nitrogen and oxygen atoms in total. The van der Waals surface area contributed by atoms with Crippen LogP contribution in [0, 0.1) is 0 Å². The molecule has 0 heterocycles. The first-order valence-electron chi connectivity index (χ1n) is 3.07. The molecule has 0 atom stereocenters. The Morgan fingerprint density at radius 1 is 1.08 bits per heavy atom. The minimum Gasteiger partial charge on any atom is -0.759 e.